The van der Waals surface area contributed by atoms with E-state index in [1.807, 2.05) is 18.3 Å². The van der Waals surface area contributed by atoms with Gasteiger partial charge in [0.1, 0.15) is 11.4 Å². The lowest BCUT2D eigenvalue weighted by atomic mass is 10.1. The first kappa shape index (κ1) is 60.5. The van der Waals surface area contributed by atoms with Crippen LogP contribution in [0.3, 0.4) is 0 Å². The summed E-state index contributed by atoms with van der Waals surface area (Å²) in [6.07, 6.45) is 9.14. The fraction of sp³-hybridized carbons (Fsp3) is 0.404. The predicted octanol–water partition coefficient (Wildman–Crippen LogP) is 3.78. The molecule has 4 aromatic rings. The fourth-order valence-electron chi connectivity index (χ4n) is 8.87. The summed E-state index contributed by atoms with van der Waals surface area (Å²) in [7, 11) is 4.96. The van der Waals surface area contributed by atoms with Gasteiger partial charge in [0, 0.05) is 121 Å². The number of imide groups is 1. The van der Waals surface area contributed by atoms with Gasteiger partial charge in [0.2, 0.25) is 17.7 Å². The molecule has 436 valence electrons. The quantitative estimate of drug-likeness (QED) is 0.0238. The first-order valence-corrected chi connectivity index (χ1v) is 26.9. The average molecular weight is 1130 g/mol. The maximum atomic E-state index is 13.3. The normalized spacial score (nSPS) is 14.3. The third kappa shape index (κ3) is 17.4. The van der Waals surface area contributed by atoms with Gasteiger partial charge < -0.3 is 69.6 Å². The van der Waals surface area contributed by atoms with E-state index < -0.39 is 17.9 Å². The molecule has 6 N–H and O–H groups in total. The Kier molecular flexibility index (Phi) is 22.1. The molecule has 3 aliphatic rings. The van der Waals surface area contributed by atoms with Crippen molar-refractivity contribution in [3.05, 3.63) is 102 Å². The smallest absolute Gasteiger partial charge is 0.407 e. The highest BCUT2D eigenvalue weighted by molar-refractivity contribution is 6.13. The van der Waals surface area contributed by atoms with Crippen molar-refractivity contribution in [3.8, 4) is 22.6 Å². The maximum Gasteiger partial charge on any atom is 0.407 e. The second-order valence-electron chi connectivity index (χ2n) is 19.3. The minimum Gasteiger partial charge on any atom is -0.493 e. The van der Waals surface area contributed by atoms with Crippen LogP contribution in [0.4, 0.5) is 21.9 Å². The summed E-state index contributed by atoms with van der Waals surface area (Å²) < 4.78 is 30.8. The van der Waals surface area contributed by atoms with Crippen molar-refractivity contribution in [1.29, 1.82) is 0 Å². The molecule has 5 heterocycles. The van der Waals surface area contributed by atoms with Gasteiger partial charge in [-0.25, -0.2) is 4.79 Å². The predicted molar refractivity (Wildman–Crippen MR) is 301 cm³/mol. The maximum absolute atomic E-state index is 13.3. The Labute approximate surface area is 473 Å². The molecule has 82 heavy (non-hydrogen) atoms. The number of benzene rings is 2. The van der Waals surface area contributed by atoms with Gasteiger partial charge in [-0.1, -0.05) is 24.3 Å². The molecule has 0 aliphatic carbocycles. The number of carbonyl (C=O) groups excluding carboxylic acids is 9. The van der Waals surface area contributed by atoms with Gasteiger partial charge in [-0.05, 0) is 61.6 Å². The summed E-state index contributed by atoms with van der Waals surface area (Å²) in [4.78, 5) is 119. The number of nitrogens with zero attached hydrogens (tertiary/aromatic N) is 5. The lowest BCUT2D eigenvalue weighted by Crippen LogP contribution is -2.35. The fourth-order valence-corrected chi connectivity index (χ4v) is 8.87. The van der Waals surface area contributed by atoms with Gasteiger partial charge in [-0.2, -0.15) is 0 Å². The molecular formula is C57H69N11O14. The minimum absolute atomic E-state index is 0.00150. The number of nitrogens with one attached hydrogen (secondary N) is 6. The molecule has 0 bridgehead atoms. The summed E-state index contributed by atoms with van der Waals surface area (Å²) in [6, 6.07) is 13.7. The van der Waals surface area contributed by atoms with Crippen LogP contribution in [0.1, 0.15) is 76.3 Å². The molecule has 0 spiro atoms. The van der Waals surface area contributed by atoms with Crippen LogP contribution >= 0.6 is 0 Å². The lowest BCUT2D eigenvalue weighted by Gasteiger charge is -2.20. The highest BCUT2D eigenvalue weighted by Crippen LogP contribution is 2.38. The van der Waals surface area contributed by atoms with Crippen molar-refractivity contribution in [2.24, 2.45) is 19.1 Å². The van der Waals surface area contributed by atoms with Crippen molar-refractivity contribution < 1.29 is 66.8 Å². The number of fused-ring (bicyclic) bond motifs is 2. The van der Waals surface area contributed by atoms with E-state index in [4.69, 9.17) is 23.7 Å². The zero-order valence-electron chi connectivity index (χ0n) is 46.2. The highest BCUT2D eigenvalue weighted by Gasteiger charge is 2.34. The molecule has 1 fully saturated rings. The van der Waals surface area contributed by atoms with Crippen LogP contribution in [0.25, 0.3) is 11.1 Å². The third-order valence-corrected chi connectivity index (χ3v) is 13.2. The first-order valence-electron chi connectivity index (χ1n) is 26.9. The number of alkyl carbamates (subject to hydrolysis) is 1. The number of ether oxygens (including phenoxy) is 5. The van der Waals surface area contributed by atoms with Crippen molar-refractivity contribution in [3.63, 3.8) is 0 Å². The van der Waals surface area contributed by atoms with Crippen molar-refractivity contribution in [2.75, 3.05) is 96.7 Å². The van der Waals surface area contributed by atoms with Crippen LogP contribution in [0, 0.1) is 0 Å². The zero-order chi connectivity index (χ0) is 58.5. The molecule has 7 rings (SSSR count). The number of hydrogen-bond acceptors (Lipinski definition) is 15. The summed E-state index contributed by atoms with van der Waals surface area (Å²) in [6.45, 7) is 6.87. The van der Waals surface area contributed by atoms with E-state index in [9.17, 15) is 43.2 Å². The summed E-state index contributed by atoms with van der Waals surface area (Å²) in [5.41, 5.74) is 5.21. The van der Waals surface area contributed by atoms with Gasteiger partial charge in [-0.15, -0.1) is 0 Å². The van der Waals surface area contributed by atoms with E-state index in [2.05, 4.69) is 43.5 Å². The number of aryl methyl sites for hydroxylation is 2. The monoisotopic (exact) mass is 1130 g/mol. The van der Waals surface area contributed by atoms with E-state index in [0.717, 1.165) is 21.6 Å². The highest BCUT2D eigenvalue weighted by atomic mass is 16.5. The second kappa shape index (κ2) is 29.9. The van der Waals surface area contributed by atoms with Gasteiger partial charge >= 0.3 is 6.09 Å². The SMILES string of the molecule is C=C1C[C@H]2C=Nc3cc(OCCCC(=O)Nc4cc(C(=O)Nc5ccc(-c6cc(C(=O)NCCCOC(=O)NCCCNC(=O)CCOCCOCCNC(=O)CCN7C(=O)C=CC7=O)n(C)c6)cc5)n(C)c4)c(OC)cc3C(=O)N2C1. The number of methoxy groups -OCH3 is 1. The van der Waals surface area contributed by atoms with Crippen LogP contribution in [-0.4, -0.2) is 171 Å². The molecule has 25 nitrogen and oxygen atoms in total. The van der Waals surface area contributed by atoms with E-state index >= 15 is 0 Å². The summed E-state index contributed by atoms with van der Waals surface area (Å²) in [5, 5.41) is 16.6. The third-order valence-electron chi connectivity index (χ3n) is 13.2. The number of aromatic nitrogens is 2. The second-order valence-corrected chi connectivity index (χ2v) is 19.3. The molecule has 2 aromatic heterocycles. The molecule has 0 saturated carbocycles. The summed E-state index contributed by atoms with van der Waals surface area (Å²) in [5.74, 6) is -1.69. The van der Waals surface area contributed by atoms with Crippen LogP contribution in [0.2, 0.25) is 0 Å². The topological polar surface area (TPSA) is 301 Å². The number of amides is 9. The van der Waals surface area contributed by atoms with Gasteiger partial charge in [-0.3, -0.25) is 48.2 Å². The Balaban J connectivity index is 0.703. The van der Waals surface area contributed by atoms with E-state index in [-0.39, 0.29) is 127 Å². The van der Waals surface area contributed by atoms with Gasteiger partial charge in [0.05, 0.1) is 69.7 Å². The average Bonchev–Trinajstić information content (AvgIpc) is 4.04. The molecule has 9 amide bonds. The Morgan fingerprint density at radius 3 is 2.11 bits per heavy atom. The van der Waals surface area contributed by atoms with Crippen molar-refractivity contribution >= 4 is 76.6 Å². The molecule has 1 atom stereocenters. The Bertz CT molecular complexity index is 3050. The van der Waals surface area contributed by atoms with E-state index in [1.165, 1.54) is 19.3 Å². The molecule has 2 aromatic carbocycles. The number of rotatable bonds is 31. The van der Waals surface area contributed by atoms with Crippen molar-refractivity contribution in [2.45, 2.75) is 51.0 Å². The van der Waals surface area contributed by atoms with Crippen molar-refractivity contribution in [1.82, 2.24) is 40.2 Å². The molecular weight excluding hydrogens is 1060 g/mol. The van der Waals surface area contributed by atoms with E-state index in [1.54, 1.807) is 76.9 Å². The molecule has 0 radical (unpaired) electrons. The molecule has 0 unspecified atom stereocenters. The first-order chi connectivity index (χ1) is 39.6. The summed E-state index contributed by atoms with van der Waals surface area (Å²) >= 11 is 0. The molecule has 1 saturated heterocycles. The number of carbonyl (C=O) groups is 9. The lowest BCUT2D eigenvalue weighted by molar-refractivity contribution is -0.137. The van der Waals surface area contributed by atoms with Gasteiger partial charge in [0.15, 0.2) is 11.5 Å². The standard InChI is InChI=1S/C57H69N11O14/c1-37-28-42-33-62-44-32-48(47(78-4)31-43(44)56(76)68(42)34-37)81-22-5-8-51(71)63-41-30-46(66(3)36-41)55(75)64-40-11-9-38(10-12-40)39-29-45(65(2)35-39)54(74)60-19-7-23-82-57(77)61-18-6-17-58-50(70)16-24-79-26-27-80-25-20-59-49(69)15-21-67-52(72)13-14-53(67)73/h9-14,29-33,35-36,42H,1,5-8,15-28,34H2,2-4H3,(H,58,70)(H,59,69)(H,60,74)(H,61,77)(H,63,71)(H,64,75)/t42-/m0/s1. The Hall–Kier alpha value is -9.10. The van der Waals surface area contributed by atoms with Crippen LogP contribution in [-0.2, 0) is 52.3 Å². The molecule has 25 heteroatoms. The number of hydrogen-bond donors (Lipinski definition) is 6. The Morgan fingerprint density at radius 1 is 0.646 bits per heavy atom. The van der Waals surface area contributed by atoms with Crippen LogP contribution in [0.15, 0.2) is 90.2 Å². The molecule has 3 aliphatic heterocycles. The van der Waals surface area contributed by atoms with E-state index in [0.29, 0.717) is 84.3 Å². The number of aliphatic imine (C=N–C) groups is 1. The van der Waals surface area contributed by atoms with Gasteiger partial charge in [0.25, 0.3) is 29.5 Å². The minimum atomic E-state index is -0.615. The van der Waals surface area contributed by atoms with Crippen LogP contribution in [0.5, 0.6) is 11.5 Å². The number of anilines is 2. The van der Waals surface area contributed by atoms with Crippen LogP contribution < -0.4 is 41.4 Å². The Morgan fingerprint density at radius 2 is 1.34 bits per heavy atom. The largest absolute Gasteiger partial charge is 0.493 e. The zero-order valence-corrected chi connectivity index (χ0v) is 46.2.